The highest BCUT2D eigenvalue weighted by Crippen LogP contribution is 2.41. The summed E-state index contributed by atoms with van der Waals surface area (Å²) in [7, 11) is 1.25. The Morgan fingerprint density at radius 2 is 1.81 bits per heavy atom. The Kier molecular flexibility index (Phi) is 6.58. The number of halogens is 5. The van der Waals surface area contributed by atoms with Crippen molar-refractivity contribution in [1.82, 2.24) is 0 Å². The summed E-state index contributed by atoms with van der Waals surface area (Å²) in [6.45, 7) is 0. The lowest BCUT2D eigenvalue weighted by Crippen LogP contribution is -2.05. The molecular weight excluding hydrogens is 406 g/mol. The summed E-state index contributed by atoms with van der Waals surface area (Å²) in [6, 6.07) is 7.82. The van der Waals surface area contributed by atoms with Crippen LogP contribution in [0.25, 0.3) is 0 Å². The standard InChI is InChI=1S/C18H12Cl2F3NO3/c1-26-16(25)5-3-10-6-13(4-2-11(10)9-24)27-17-14(19)7-12(8-15(17)20)18(21,22)23/h2,4,6-8H,3,5H2,1H3. The van der Waals surface area contributed by atoms with Crippen molar-refractivity contribution in [2.75, 3.05) is 7.11 Å². The van der Waals surface area contributed by atoms with E-state index < -0.39 is 17.7 Å². The second-order valence-corrected chi connectivity index (χ2v) is 6.19. The Morgan fingerprint density at radius 1 is 1.19 bits per heavy atom. The van der Waals surface area contributed by atoms with E-state index in [-0.39, 0.29) is 34.4 Å². The lowest BCUT2D eigenvalue weighted by atomic mass is 10.0. The van der Waals surface area contributed by atoms with E-state index in [2.05, 4.69) is 4.74 Å². The van der Waals surface area contributed by atoms with E-state index >= 15 is 0 Å². The summed E-state index contributed by atoms with van der Waals surface area (Å²) in [6.07, 6.45) is -4.32. The number of nitrogens with zero attached hydrogens (tertiary/aromatic N) is 1. The Bertz CT molecular complexity index is 885. The number of aryl methyl sites for hydroxylation is 1. The molecule has 0 aliphatic carbocycles. The number of ether oxygens (including phenoxy) is 2. The summed E-state index contributed by atoms with van der Waals surface area (Å²) in [5, 5.41) is 8.54. The van der Waals surface area contributed by atoms with E-state index in [1.165, 1.54) is 25.3 Å². The zero-order valence-electron chi connectivity index (χ0n) is 13.9. The third-order valence-corrected chi connectivity index (χ3v) is 4.13. The number of carbonyl (C=O) groups excluding carboxylic acids is 1. The third-order valence-electron chi connectivity index (χ3n) is 3.57. The van der Waals surface area contributed by atoms with Crippen LogP contribution in [0, 0.1) is 11.3 Å². The highest BCUT2D eigenvalue weighted by atomic mass is 35.5. The lowest BCUT2D eigenvalue weighted by molar-refractivity contribution is -0.140. The molecular formula is C18H12Cl2F3NO3. The maximum absolute atomic E-state index is 12.8. The smallest absolute Gasteiger partial charge is 0.416 e. The number of hydrogen-bond acceptors (Lipinski definition) is 4. The van der Waals surface area contributed by atoms with Crippen LogP contribution >= 0.6 is 23.2 Å². The van der Waals surface area contributed by atoms with E-state index in [0.717, 1.165) is 0 Å². The van der Waals surface area contributed by atoms with Crippen LogP contribution in [0.3, 0.4) is 0 Å². The van der Waals surface area contributed by atoms with Crippen LogP contribution in [0.4, 0.5) is 13.2 Å². The molecule has 2 rings (SSSR count). The molecule has 0 saturated heterocycles. The van der Waals surface area contributed by atoms with Crippen molar-refractivity contribution in [3.63, 3.8) is 0 Å². The fourth-order valence-corrected chi connectivity index (χ4v) is 2.79. The molecule has 0 radical (unpaired) electrons. The minimum Gasteiger partial charge on any atom is -0.469 e. The van der Waals surface area contributed by atoms with Gasteiger partial charge in [-0.25, -0.2) is 0 Å². The van der Waals surface area contributed by atoms with Gasteiger partial charge in [0.05, 0.1) is 34.4 Å². The van der Waals surface area contributed by atoms with Crippen molar-refractivity contribution < 1.29 is 27.4 Å². The second-order valence-electron chi connectivity index (χ2n) is 5.38. The molecule has 4 nitrogen and oxygen atoms in total. The summed E-state index contributed by atoms with van der Waals surface area (Å²) in [4.78, 5) is 11.3. The molecule has 0 aromatic heterocycles. The van der Waals surface area contributed by atoms with E-state index in [1.54, 1.807) is 0 Å². The normalized spacial score (nSPS) is 11.0. The van der Waals surface area contributed by atoms with Crippen molar-refractivity contribution in [1.29, 1.82) is 5.26 Å². The van der Waals surface area contributed by atoms with Gasteiger partial charge in [0.2, 0.25) is 0 Å². The van der Waals surface area contributed by atoms with Crippen LogP contribution in [-0.4, -0.2) is 13.1 Å². The molecule has 0 aliphatic heterocycles. The Labute approximate surface area is 163 Å². The molecule has 0 aliphatic rings. The van der Waals surface area contributed by atoms with Crippen molar-refractivity contribution in [3.8, 4) is 17.6 Å². The monoisotopic (exact) mass is 417 g/mol. The van der Waals surface area contributed by atoms with Crippen LogP contribution in [0.1, 0.15) is 23.1 Å². The summed E-state index contributed by atoms with van der Waals surface area (Å²) in [5.41, 5.74) is -0.154. The van der Waals surface area contributed by atoms with Crippen molar-refractivity contribution in [2.45, 2.75) is 19.0 Å². The molecule has 0 saturated carbocycles. The number of alkyl halides is 3. The van der Waals surface area contributed by atoms with Crippen LogP contribution in [0.15, 0.2) is 30.3 Å². The molecule has 9 heteroatoms. The predicted octanol–water partition coefficient (Wildman–Crippen LogP) is 5.78. The molecule has 142 valence electrons. The molecule has 0 spiro atoms. The molecule has 2 aromatic rings. The summed E-state index contributed by atoms with van der Waals surface area (Å²) < 4.78 is 48.5. The van der Waals surface area contributed by atoms with Crippen molar-refractivity contribution in [3.05, 3.63) is 57.1 Å². The first-order chi connectivity index (χ1) is 12.7. The zero-order chi connectivity index (χ0) is 20.2. The molecule has 0 fully saturated rings. The number of esters is 1. The molecule has 0 heterocycles. The van der Waals surface area contributed by atoms with Gasteiger partial charge in [0.15, 0.2) is 5.75 Å². The number of methoxy groups -OCH3 is 1. The second kappa shape index (κ2) is 8.51. The van der Waals surface area contributed by atoms with Gasteiger partial charge in [-0.1, -0.05) is 23.2 Å². The molecule has 2 aromatic carbocycles. The van der Waals surface area contributed by atoms with Gasteiger partial charge in [0, 0.05) is 6.42 Å². The molecule has 0 N–H and O–H groups in total. The highest BCUT2D eigenvalue weighted by molar-refractivity contribution is 6.37. The summed E-state index contributed by atoms with van der Waals surface area (Å²) in [5.74, 6) is -0.383. The predicted molar refractivity (Wildman–Crippen MR) is 93.0 cm³/mol. The largest absolute Gasteiger partial charge is 0.469 e. The number of rotatable bonds is 5. The average molecular weight is 418 g/mol. The van der Waals surface area contributed by atoms with Gasteiger partial charge in [-0.3, -0.25) is 4.79 Å². The minimum absolute atomic E-state index is 0.0520. The first-order valence-electron chi connectivity index (χ1n) is 7.49. The molecule has 27 heavy (non-hydrogen) atoms. The first-order valence-corrected chi connectivity index (χ1v) is 8.25. The zero-order valence-corrected chi connectivity index (χ0v) is 15.4. The maximum Gasteiger partial charge on any atom is 0.416 e. The molecule has 0 amide bonds. The Balaban J connectivity index is 2.32. The van der Waals surface area contributed by atoms with Crippen LogP contribution in [0.5, 0.6) is 11.5 Å². The van der Waals surface area contributed by atoms with Gasteiger partial charge in [0.1, 0.15) is 5.75 Å². The Hall–Kier alpha value is -2.43. The van der Waals surface area contributed by atoms with Gasteiger partial charge in [-0.2, -0.15) is 18.4 Å². The molecule has 0 unspecified atom stereocenters. The topological polar surface area (TPSA) is 59.3 Å². The van der Waals surface area contributed by atoms with Gasteiger partial charge >= 0.3 is 12.1 Å². The van der Waals surface area contributed by atoms with E-state index in [1.807, 2.05) is 6.07 Å². The number of benzene rings is 2. The van der Waals surface area contributed by atoms with Crippen LogP contribution in [0.2, 0.25) is 10.0 Å². The van der Waals surface area contributed by atoms with E-state index in [4.69, 9.17) is 33.2 Å². The molecule has 0 atom stereocenters. The van der Waals surface area contributed by atoms with Crippen LogP contribution < -0.4 is 4.74 Å². The van der Waals surface area contributed by atoms with E-state index in [0.29, 0.717) is 23.3 Å². The number of carbonyl (C=O) groups is 1. The van der Waals surface area contributed by atoms with Crippen LogP contribution in [-0.2, 0) is 22.1 Å². The average Bonchev–Trinajstić information content (AvgIpc) is 2.61. The van der Waals surface area contributed by atoms with Gasteiger partial charge in [-0.05, 0) is 42.3 Å². The maximum atomic E-state index is 12.8. The fourth-order valence-electron chi connectivity index (χ4n) is 2.23. The van der Waals surface area contributed by atoms with Gasteiger partial charge in [-0.15, -0.1) is 0 Å². The van der Waals surface area contributed by atoms with E-state index in [9.17, 15) is 18.0 Å². The quantitative estimate of drug-likeness (QED) is 0.578. The Morgan fingerprint density at radius 3 is 2.33 bits per heavy atom. The van der Waals surface area contributed by atoms with Gasteiger partial charge in [0.25, 0.3) is 0 Å². The summed E-state index contributed by atoms with van der Waals surface area (Å²) >= 11 is 11.8. The number of hydrogen-bond donors (Lipinski definition) is 0. The highest BCUT2D eigenvalue weighted by Gasteiger charge is 2.32. The SMILES string of the molecule is COC(=O)CCc1cc(Oc2c(Cl)cc(C(F)(F)F)cc2Cl)ccc1C#N. The lowest BCUT2D eigenvalue weighted by Gasteiger charge is -2.14. The third kappa shape index (κ3) is 5.28. The van der Waals surface area contributed by atoms with Gasteiger partial charge < -0.3 is 9.47 Å². The number of nitriles is 1. The van der Waals surface area contributed by atoms with Crippen molar-refractivity contribution in [2.24, 2.45) is 0 Å². The fraction of sp³-hybridized carbons (Fsp3) is 0.222. The molecule has 0 bridgehead atoms. The first kappa shape index (κ1) is 20.9. The minimum atomic E-state index is -4.60. The van der Waals surface area contributed by atoms with Crippen molar-refractivity contribution >= 4 is 29.2 Å².